The molecular formula is C16H17NO2. The first-order valence-electron chi connectivity index (χ1n) is 7.05. The standard InChI is InChI=1S/C16H17NO2/c1-17-15(18)13-10-7-11(9-5-3-2-4-6-9)12(8-10)14(13)16(17)19/h2-6,10-14H,7-8H2,1H3/t10?,11-,12?,13+,14-/m1/s1. The van der Waals surface area contributed by atoms with E-state index in [4.69, 9.17) is 0 Å². The molecule has 0 aromatic heterocycles. The highest BCUT2D eigenvalue weighted by Gasteiger charge is 2.63. The van der Waals surface area contributed by atoms with Crippen molar-refractivity contribution in [1.29, 1.82) is 0 Å². The minimum Gasteiger partial charge on any atom is -0.285 e. The molecule has 19 heavy (non-hydrogen) atoms. The van der Waals surface area contributed by atoms with Crippen molar-refractivity contribution in [3.63, 3.8) is 0 Å². The molecule has 2 bridgehead atoms. The lowest BCUT2D eigenvalue weighted by molar-refractivity contribution is -0.139. The first-order chi connectivity index (χ1) is 9.18. The number of fused-ring (bicyclic) bond motifs is 5. The fourth-order valence-electron chi connectivity index (χ4n) is 4.69. The van der Waals surface area contributed by atoms with E-state index in [1.807, 2.05) is 6.07 Å². The Kier molecular flexibility index (Phi) is 2.17. The van der Waals surface area contributed by atoms with Crippen molar-refractivity contribution < 1.29 is 9.59 Å². The fourth-order valence-corrected chi connectivity index (χ4v) is 4.69. The third-order valence-corrected chi connectivity index (χ3v) is 5.46. The van der Waals surface area contributed by atoms with Crippen LogP contribution >= 0.6 is 0 Å². The molecule has 1 aromatic carbocycles. The van der Waals surface area contributed by atoms with E-state index in [9.17, 15) is 9.59 Å². The molecule has 1 saturated heterocycles. The lowest BCUT2D eigenvalue weighted by Crippen LogP contribution is -2.29. The highest BCUT2D eigenvalue weighted by atomic mass is 16.2. The van der Waals surface area contributed by atoms with Crippen LogP contribution in [-0.4, -0.2) is 23.8 Å². The number of imide groups is 1. The topological polar surface area (TPSA) is 37.4 Å². The second-order valence-electron chi connectivity index (χ2n) is 6.20. The van der Waals surface area contributed by atoms with Crippen molar-refractivity contribution >= 4 is 11.8 Å². The summed E-state index contributed by atoms with van der Waals surface area (Å²) in [7, 11) is 1.64. The molecule has 1 heterocycles. The molecule has 3 nitrogen and oxygen atoms in total. The molecule has 2 amide bonds. The molecule has 3 heteroatoms. The van der Waals surface area contributed by atoms with Gasteiger partial charge in [-0.25, -0.2) is 0 Å². The zero-order chi connectivity index (χ0) is 13.1. The summed E-state index contributed by atoms with van der Waals surface area (Å²) in [5.41, 5.74) is 1.34. The average Bonchev–Trinajstić information content (AvgIpc) is 3.08. The Balaban J connectivity index is 1.70. The van der Waals surface area contributed by atoms with Crippen LogP contribution < -0.4 is 0 Å². The smallest absolute Gasteiger partial charge is 0.233 e. The van der Waals surface area contributed by atoms with Crippen LogP contribution in [0.2, 0.25) is 0 Å². The number of carbonyl (C=O) groups excluding carboxylic acids is 2. The Hall–Kier alpha value is -1.64. The molecule has 5 atom stereocenters. The van der Waals surface area contributed by atoms with Crippen molar-refractivity contribution in [2.75, 3.05) is 7.05 Å². The largest absolute Gasteiger partial charge is 0.285 e. The van der Waals surface area contributed by atoms with Gasteiger partial charge in [-0.1, -0.05) is 30.3 Å². The van der Waals surface area contributed by atoms with Crippen molar-refractivity contribution in [3.05, 3.63) is 35.9 Å². The highest BCUT2D eigenvalue weighted by molar-refractivity contribution is 6.05. The van der Waals surface area contributed by atoms with Crippen LogP contribution in [0, 0.1) is 23.7 Å². The lowest BCUT2D eigenvalue weighted by Gasteiger charge is -2.28. The zero-order valence-electron chi connectivity index (χ0n) is 11.0. The van der Waals surface area contributed by atoms with Crippen molar-refractivity contribution in [1.82, 2.24) is 4.90 Å². The Morgan fingerprint density at radius 3 is 2.42 bits per heavy atom. The minimum absolute atomic E-state index is 0.0116. The summed E-state index contributed by atoms with van der Waals surface area (Å²) < 4.78 is 0. The van der Waals surface area contributed by atoms with E-state index in [2.05, 4.69) is 24.3 Å². The summed E-state index contributed by atoms with van der Waals surface area (Å²) in [6.07, 6.45) is 2.13. The van der Waals surface area contributed by atoms with E-state index in [1.54, 1.807) is 7.05 Å². The molecule has 2 unspecified atom stereocenters. The maximum absolute atomic E-state index is 12.3. The van der Waals surface area contributed by atoms with E-state index < -0.39 is 0 Å². The molecule has 2 aliphatic carbocycles. The summed E-state index contributed by atoms with van der Waals surface area (Å²) in [4.78, 5) is 25.8. The summed E-state index contributed by atoms with van der Waals surface area (Å²) in [6.45, 7) is 0. The average molecular weight is 255 g/mol. The van der Waals surface area contributed by atoms with Gasteiger partial charge in [0.15, 0.2) is 0 Å². The first-order valence-corrected chi connectivity index (χ1v) is 7.05. The van der Waals surface area contributed by atoms with Crippen LogP contribution in [0.15, 0.2) is 30.3 Å². The molecule has 98 valence electrons. The number of nitrogens with zero attached hydrogens (tertiary/aromatic N) is 1. The Labute approximate surface area is 112 Å². The third-order valence-electron chi connectivity index (χ3n) is 5.46. The van der Waals surface area contributed by atoms with Gasteiger partial charge in [0, 0.05) is 7.05 Å². The predicted molar refractivity (Wildman–Crippen MR) is 70.2 cm³/mol. The molecule has 0 N–H and O–H groups in total. The number of rotatable bonds is 1. The second-order valence-corrected chi connectivity index (χ2v) is 6.20. The summed E-state index contributed by atoms with van der Waals surface area (Å²) >= 11 is 0. The summed E-state index contributed by atoms with van der Waals surface area (Å²) in [5, 5.41) is 0. The van der Waals surface area contributed by atoms with Gasteiger partial charge < -0.3 is 0 Å². The number of benzene rings is 1. The molecule has 3 fully saturated rings. The van der Waals surface area contributed by atoms with Gasteiger partial charge in [-0.05, 0) is 36.2 Å². The number of hydrogen-bond acceptors (Lipinski definition) is 2. The van der Waals surface area contributed by atoms with Crippen molar-refractivity contribution in [2.45, 2.75) is 18.8 Å². The first kappa shape index (κ1) is 11.2. The number of carbonyl (C=O) groups is 2. The van der Waals surface area contributed by atoms with Gasteiger partial charge in [0.25, 0.3) is 0 Å². The van der Waals surface area contributed by atoms with Crippen LogP contribution in [0.3, 0.4) is 0 Å². The zero-order valence-corrected chi connectivity index (χ0v) is 11.0. The molecule has 1 aromatic rings. The fraction of sp³-hybridized carbons (Fsp3) is 0.500. The second kappa shape index (κ2) is 3.69. The van der Waals surface area contributed by atoms with Crippen LogP contribution in [0.4, 0.5) is 0 Å². The van der Waals surface area contributed by atoms with E-state index in [-0.39, 0.29) is 23.7 Å². The molecule has 2 saturated carbocycles. The molecule has 0 radical (unpaired) electrons. The molecular weight excluding hydrogens is 238 g/mol. The van der Waals surface area contributed by atoms with Crippen LogP contribution in [0.25, 0.3) is 0 Å². The highest BCUT2D eigenvalue weighted by Crippen LogP contribution is 2.61. The van der Waals surface area contributed by atoms with E-state index >= 15 is 0 Å². The van der Waals surface area contributed by atoms with E-state index in [0.29, 0.717) is 17.8 Å². The van der Waals surface area contributed by atoms with Crippen LogP contribution in [0.5, 0.6) is 0 Å². The quantitative estimate of drug-likeness (QED) is 0.720. The molecule has 3 aliphatic rings. The Morgan fingerprint density at radius 1 is 1.00 bits per heavy atom. The maximum Gasteiger partial charge on any atom is 0.233 e. The van der Waals surface area contributed by atoms with Gasteiger partial charge in [-0.3, -0.25) is 14.5 Å². The SMILES string of the molecule is CN1C(=O)[C@@H]2C3CC(C[C@@H]3c3ccccc3)[C@@H]2C1=O. The van der Waals surface area contributed by atoms with Gasteiger partial charge in [0.2, 0.25) is 11.8 Å². The third kappa shape index (κ3) is 1.33. The monoisotopic (exact) mass is 255 g/mol. The van der Waals surface area contributed by atoms with Crippen LogP contribution in [-0.2, 0) is 9.59 Å². The lowest BCUT2D eigenvalue weighted by atomic mass is 9.73. The van der Waals surface area contributed by atoms with Crippen LogP contribution in [0.1, 0.15) is 24.3 Å². The van der Waals surface area contributed by atoms with Gasteiger partial charge in [0.1, 0.15) is 0 Å². The number of hydrogen-bond donors (Lipinski definition) is 0. The predicted octanol–water partition coefficient (Wildman–Crippen LogP) is 2.04. The molecule has 4 rings (SSSR count). The maximum atomic E-state index is 12.3. The van der Waals surface area contributed by atoms with E-state index in [0.717, 1.165) is 12.8 Å². The Morgan fingerprint density at radius 2 is 1.68 bits per heavy atom. The molecule has 1 aliphatic heterocycles. The van der Waals surface area contributed by atoms with Gasteiger partial charge in [-0.15, -0.1) is 0 Å². The summed E-state index contributed by atoms with van der Waals surface area (Å²) in [6, 6.07) is 10.5. The van der Waals surface area contributed by atoms with Crippen molar-refractivity contribution in [2.24, 2.45) is 23.7 Å². The minimum atomic E-state index is -0.0403. The Bertz CT molecular complexity index is 553. The normalized spacial score (nSPS) is 40.1. The van der Waals surface area contributed by atoms with Crippen molar-refractivity contribution in [3.8, 4) is 0 Å². The number of amides is 2. The molecule has 0 spiro atoms. The number of likely N-dealkylation sites (tertiary alicyclic amines) is 1. The van der Waals surface area contributed by atoms with Gasteiger partial charge in [0.05, 0.1) is 11.8 Å². The van der Waals surface area contributed by atoms with Gasteiger partial charge in [-0.2, -0.15) is 0 Å². The van der Waals surface area contributed by atoms with Gasteiger partial charge >= 0.3 is 0 Å². The summed E-state index contributed by atoms with van der Waals surface area (Å²) in [5.74, 6) is 1.33. The van der Waals surface area contributed by atoms with E-state index in [1.165, 1.54) is 10.5 Å².